The van der Waals surface area contributed by atoms with Crippen LogP contribution in [0.15, 0.2) is 71.1 Å². The molecule has 0 radical (unpaired) electrons. The summed E-state index contributed by atoms with van der Waals surface area (Å²) in [5, 5.41) is 6.38. The van der Waals surface area contributed by atoms with Crippen LogP contribution in [0.3, 0.4) is 0 Å². The number of benzene rings is 3. The van der Waals surface area contributed by atoms with Gasteiger partial charge in [0, 0.05) is 16.3 Å². The molecular formula is C26H24ClN3O3S. The van der Waals surface area contributed by atoms with Gasteiger partial charge in [-0.3, -0.25) is 10.1 Å². The third-order valence-corrected chi connectivity index (χ3v) is 5.85. The van der Waals surface area contributed by atoms with Crippen molar-refractivity contribution < 1.29 is 13.9 Å². The van der Waals surface area contributed by atoms with E-state index in [4.69, 9.17) is 33.0 Å². The molecule has 0 saturated heterocycles. The molecule has 0 fully saturated rings. The van der Waals surface area contributed by atoms with Gasteiger partial charge < -0.3 is 14.5 Å². The Kier molecular flexibility index (Phi) is 7.45. The molecule has 6 nitrogen and oxygen atoms in total. The number of amides is 1. The highest BCUT2D eigenvalue weighted by Gasteiger charge is 2.12. The van der Waals surface area contributed by atoms with Gasteiger partial charge in [-0.1, -0.05) is 37.6 Å². The number of thiocarbonyl (C=S) groups is 1. The van der Waals surface area contributed by atoms with Crippen LogP contribution in [-0.2, 0) is 4.79 Å². The summed E-state index contributed by atoms with van der Waals surface area (Å²) in [6.45, 7) is 4.19. The van der Waals surface area contributed by atoms with E-state index < -0.39 is 0 Å². The zero-order chi connectivity index (χ0) is 24.1. The highest BCUT2D eigenvalue weighted by molar-refractivity contribution is 7.80. The standard InChI is InChI=1S/C26H24ClN3O3S/c1-3-16(2)17-7-12-23-22(14-17)29-25(33-23)18-5-4-6-20(13-18)28-26(34)30-24(31)15-32-21-10-8-19(27)9-11-21/h4-14,16H,3,15H2,1-2H3,(H2,28,30,31,34). The van der Waals surface area contributed by atoms with Crippen LogP contribution in [0.1, 0.15) is 31.7 Å². The molecule has 174 valence electrons. The first-order chi connectivity index (χ1) is 16.4. The van der Waals surface area contributed by atoms with E-state index >= 15 is 0 Å². The minimum atomic E-state index is -0.375. The number of nitrogens with one attached hydrogen (secondary N) is 2. The molecule has 1 aromatic heterocycles. The van der Waals surface area contributed by atoms with Gasteiger partial charge in [0.2, 0.25) is 5.89 Å². The van der Waals surface area contributed by atoms with Crippen LogP contribution in [0.5, 0.6) is 5.75 Å². The van der Waals surface area contributed by atoms with E-state index in [1.165, 1.54) is 5.56 Å². The van der Waals surface area contributed by atoms with E-state index in [0.29, 0.717) is 28.3 Å². The zero-order valence-corrected chi connectivity index (χ0v) is 20.4. The fourth-order valence-corrected chi connectivity index (χ4v) is 3.70. The largest absolute Gasteiger partial charge is 0.484 e. The van der Waals surface area contributed by atoms with Crippen LogP contribution in [0.25, 0.3) is 22.6 Å². The predicted octanol–water partition coefficient (Wildman–Crippen LogP) is 6.55. The molecule has 8 heteroatoms. The number of carbonyl (C=O) groups excluding carboxylic acids is 1. The fraction of sp³-hybridized carbons (Fsp3) is 0.192. The Balaban J connectivity index is 1.38. The van der Waals surface area contributed by atoms with Gasteiger partial charge in [0.05, 0.1) is 0 Å². The van der Waals surface area contributed by atoms with E-state index in [1.54, 1.807) is 24.3 Å². The maximum Gasteiger partial charge on any atom is 0.264 e. The molecule has 1 atom stereocenters. The maximum absolute atomic E-state index is 12.2. The lowest BCUT2D eigenvalue weighted by Gasteiger charge is -2.11. The number of rotatable bonds is 7. The van der Waals surface area contributed by atoms with Gasteiger partial charge >= 0.3 is 0 Å². The zero-order valence-electron chi connectivity index (χ0n) is 18.8. The third kappa shape index (κ3) is 5.92. The van der Waals surface area contributed by atoms with Crippen molar-refractivity contribution in [3.8, 4) is 17.2 Å². The number of fused-ring (bicyclic) bond motifs is 1. The van der Waals surface area contributed by atoms with Crippen LogP contribution < -0.4 is 15.4 Å². The number of hydrogen-bond donors (Lipinski definition) is 2. The number of aromatic nitrogens is 1. The van der Waals surface area contributed by atoms with Gasteiger partial charge in [-0.05, 0) is 84.7 Å². The summed E-state index contributed by atoms with van der Waals surface area (Å²) in [7, 11) is 0. The molecule has 0 saturated carbocycles. The number of oxazole rings is 1. The second-order valence-electron chi connectivity index (χ2n) is 7.88. The summed E-state index contributed by atoms with van der Waals surface area (Å²) < 4.78 is 11.4. The number of ether oxygens (including phenoxy) is 1. The van der Waals surface area contributed by atoms with E-state index in [1.807, 2.05) is 30.3 Å². The van der Waals surface area contributed by atoms with Gasteiger partial charge in [0.1, 0.15) is 11.3 Å². The Labute approximate surface area is 208 Å². The molecule has 3 aromatic carbocycles. The summed E-state index contributed by atoms with van der Waals surface area (Å²) in [4.78, 5) is 16.8. The van der Waals surface area contributed by atoms with E-state index in [2.05, 4.69) is 41.6 Å². The topological polar surface area (TPSA) is 76.4 Å². The molecule has 0 aliphatic rings. The van der Waals surface area contributed by atoms with E-state index in [9.17, 15) is 4.79 Å². The molecule has 2 N–H and O–H groups in total. The van der Waals surface area contributed by atoms with E-state index in [-0.39, 0.29) is 17.6 Å². The first-order valence-corrected chi connectivity index (χ1v) is 11.7. The van der Waals surface area contributed by atoms with Crippen LogP contribution in [0.2, 0.25) is 5.02 Å². The Morgan fingerprint density at radius 1 is 1.15 bits per heavy atom. The van der Waals surface area contributed by atoms with Crippen molar-refractivity contribution in [2.75, 3.05) is 11.9 Å². The lowest BCUT2D eigenvalue weighted by atomic mass is 9.98. The maximum atomic E-state index is 12.2. The number of carbonyl (C=O) groups is 1. The Hall–Kier alpha value is -3.42. The second kappa shape index (κ2) is 10.7. The average molecular weight is 494 g/mol. The van der Waals surface area contributed by atoms with Crippen molar-refractivity contribution in [1.29, 1.82) is 0 Å². The molecule has 4 rings (SSSR count). The van der Waals surface area contributed by atoms with Crippen LogP contribution in [-0.4, -0.2) is 22.6 Å². The molecule has 0 aliphatic heterocycles. The second-order valence-corrected chi connectivity index (χ2v) is 8.73. The summed E-state index contributed by atoms with van der Waals surface area (Å²) >= 11 is 11.1. The van der Waals surface area contributed by atoms with Crippen molar-refractivity contribution in [2.45, 2.75) is 26.2 Å². The Morgan fingerprint density at radius 3 is 2.71 bits per heavy atom. The summed E-state index contributed by atoms with van der Waals surface area (Å²) in [6.07, 6.45) is 1.06. The molecular weight excluding hydrogens is 470 g/mol. The third-order valence-electron chi connectivity index (χ3n) is 5.40. The Bertz CT molecular complexity index is 1320. The monoisotopic (exact) mass is 493 g/mol. The summed E-state index contributed by atoms with van der Waals surface area (Å²) in [5.41, 5.74) is 4.31. The van der Waals surface area contributed by atoms with Crippen molar-refractivity contribution >= 4 is 51.6 Å². The normalized spacial score (nSPS) is 11.7. The molecule has 1 amide bonds. The van der Waals surface area contributed by atoms with Gasteiger partial charge in [-0.25, -0.2) is 4.98 Å². The molecule has 0 bridgehead atoms. The fourth-order valence-electron chi connectivity index (χ4n) is 3.34. The minimum absolute atomic E-state index is 0.164. The lowest BCUT2D eigenvalue weighted by Crippen LogP contribution is -2.37. The number of anilines is 1. The number of hydrogen-bond acceptors (Lipinski definition) is 5. The van der Waals surface area contributed by atoms with Crippen molar-refractivity contribution in [1.82, 2.24) is 10.3 Å². The molecule has 4 aromatic rings. The molecule has 1 unspecified atom stereocenters. The highest BCUT2D eigenvalue weighted by Crippen LogP contribution is 2.29. The highest BCUT2D eigenvalue weighted by atomic mass is 35.5. The SMILES string of the molecule is CCC(C)c1ccc2oc(-c3cccc(NC(=S)NC(=O)COc4ccc(Cl)cc4)c3)nc2c1. The predicted molar refractivity (Wildman–Crippen MR) is 139 cm³/mol. The van der Waals surface area contributed by atoms with Gasteiger partial charge in [-0.2, -0.15) is 0 Å². The van der Waals surface area contributed by atoms with Gasteiger partial charge in [0.25, 0.3) is 5.91 Å². The van der Waals surface area contributed by atoms with Crippen LogP contribution in [0, 0.1) is 0 Å². The lowest BCUT2D eigenvalue weighted by molar-refractivity contribution is -0.121. The van der Waals surface area contributed by atoms with Crippen molar-refractivity contribution in [3.63, 3.8) is 0 Å². The van der Waals surface area contributed by atoms with Crippen LogP contribution in [0.4, 0.5) is 5.69 Å². The van der Waals surface area contributed by atoms with Gasteiger partial charge in [0.15, 0.2) is 17.3 Å². The van der Waals surface area contributed by atoms with Crippen LogP contribution >= 0.6 is 23.8 Å². The number of nitrogens with zero attached hydrogens (tertiary/aromatic N) is 1. The molecule has 0 spiro atoms. The quantitative estimate of drug-likeness (QED) is 0.284. The van der Waals surface area contributed by atoms with Crippen molar-refractivity contribution in [2.24, 2.45) is 0 Å². The molecule has 34 heavy (non-hydrogen) atoms. The smallest absolute Gasteiger partial charge is 0.264 e. The first-order valence-electron chi connectivity index (χ1n) is 10.9. The van der Waals surface area contributed by atoms with E-state index in [0.717, 1.165) is 23.1 Å². The van der Waals surface area contributed by atoms with Gasteiger partial charge in [-0.15, -0.1) is 0 Å². The number of halogens is 1. The first kappa shape index (κ1) is 23.7. The summed E-state index contributed by atoms with van der Waals surface area (Å²) in [6, 6.07) is 20.4. The minimum Gasteiger partial charge on any atom is -0.484 e. The molecule has 0 aliphatic carbocycles. The molecule has 1 heterocycles. The van der Waals surface area contributed by atoms with Crippen molar-refractivity contribution in [3.05, 3.63) is 77.3 Å². The Morgan fingerprint density at radius 2 is 1.94 bits per heavy atom. The summed E-state index contributed by atoms with van der Waals surface area (Å²) in [5.74, 6) is 1.15. The average Bonchev–Trinajstić information content (AvgIpc) is 3.27.